The van der Waals surface area contributed by atoms with Crippen LogP contribution in [0.3, 0.4) is 0 Å². The minimum atomic E-state index is -0.220. The van der Waals surface area contributed by atoms with Gasteiger partial charge in [0.1, 0.15) is 0 Å². The SMILES string of the molecule is CN1CCN(NC(=O)c2cn(CCN)nn2)CC1. The van der Waals surface area contributed by atoms with Crippen LogP contribution in [0, 0.1) is 0 Å². The second kappa shape index (κ2) is 5.89. The van der Waals surface area contributed by atoms with Crippen LogP contribution < -0.4 is 11.2 Å². The highest BCUT2D eigenvalue weighted by molar-refractivity contribution is 5.91. The van der Waals surface area contributed by atoms with Gasteiger partial charge in [-0.3, -0.25) is 14.9 Å². The topological polar surface area (TPSA) is 92.3 Å². The Balaban J connectivity index is 1.86. The Morgan fingerprint density at radius 2 is 2.17 bits per heavy atom. The first-order valence-electron chi connectivity index (χ1n) is 6.03. The molecule has 1 aromatic rings. The number of likely N-dealkylation sites (N-methyl/N-ethyl adjacent to an activating group) is 1. The van der Waals surface area contributed by atoms with Gasteiger partial charge in [0.25, 0.3) is 5.91 Å². The second-order valence-corrected chi connectivity index (χ2v) is 4.39. The van der Waals surface area contributed by atoms with Gasteiger partial charge in [0.2, 0.25) is 0 Å². The number of nitrogens with zero attached hydrogens (tertiary/aromatic N) is 5. The van der Waals surface area contributed by atoms with Crippen LogP contribution in [0.2, 0.25) is 0 Å². The van der Waals surface area contributed by atoms with Gasteiger partial charge in [-0.2, -0.15) is 0 Å². The van der Waals surface area contributed by atoms with Gasteiger partial charge in [-0.25, -0.2) is 5.01 Å². The molecule has 0 aliphatic carbocycles. The zero-order valence-electron chi connectivity index (χ0n) is 10.5. The van der Waals surface area contributed by atoms with E-state index < -0.39 is 0 Å². The standard InChI is InChI=1S/C10H19N7O/c1-15-4-6-16(7-5-15)13-10(18)9-8-17(3-2-11)14-12-9/h8H,2-7,11H2,1H3,(H,13,18). The fourth-order valence-corrected chi connectivity index (χ4v) is 1.76. The van der Waals surface area contributed by atoms with Gasteiger partial charge in [0.05, 0.1) is 12.7 Å². The van der Waals surface area contributed by atoms with Crippen molar-refractivity contribution in [3.8, 4) is 0 Å². The number of hydrogen-bond acceptors (Lipinski definition) is 6. The first-order valence-corrected chi connectivity index (χ1v) is 6.03. The van der Waals surface area contributed by atoms with Crippen molar-refractivity contribution in [2.45, 2.75) is 6.54 Å². The van der Waals surface area contributed by atoms with E-state index in [0.29, 0.717) is 18.8 Å². The predicted molar refractivity (Wildman–Crippen MR) is 65.6 cm³/mol. The lowest BCUT2D eigenvalue weighted by atomic mass is 10.4. The summed E-state index contributed by atoms with van der Waals surface area (Å²) in [6, 6.07) is 0. The Morgan fingerprint density at radius 1 is 1.44 bits per heavy atom. The molecule has 1 aliphatic rings. The van der Waals surface area contributed by atoms with Gasteiger partial charge in [-0.05, 0) is 7.05 Å². The third-order valence-corrected chi connectivity index (χ3v) is 2.89. The summed E-state index contributed by atoms with van der Waals surface area (Å²) in [5.41, 5.74) is 8.56. The minimum Gasteiger partial charge on any atom is -0.329 e. The summed E-state index contributed by atoms with van der Waals surface area (Å²) in [5, 5.41) is 9.56. The first kappa shape index (κ1) is 12.9. The van der Waals surface area contributed by atoms with Crippen molar-refractivity contribution in [2.75, 3.05) is 39.8 Å². The highest BCUT2D eigenvalue weighted by Gasteiger charge is 2.18. The number of piperazine rings is 1. The molecule has 100 valence electrons. The van der Waals surface area contributed by atoms with E-state index in [0.717, 1.165) is 26.2 Å². The number of nitrogens with one attached hydrogen (secondary N) is 1. The highest BCUT2D eigenvalue weighted by atomic mass is 16.2. The van der Waals surface area contributed by atoms with Gasteiger partial charge >= 0.3 is 0 Å². The van der Waals surface area contributed by atoms with E-state index in [-0.39, 0.29) is 5.91 Å². The number of hydrogen-bond donors (Lipinski definition) is 2. The molecule has 1 amide bonds. The molecule has 1 fully saturated rings. The molecule has 0 saturated carbocycles. The van der Waals surface area contributed by atoms with Crippen molar-refractivity contribution < 1.29 is 4.79 Å². The van der Waals surface area contributed by atoms with Crippen molar-refractivity contribution in [1.82, 2.24) is 30.3 Å². The summed E-state index contributed by atoms with van der Waals surface area (Å²) in [6.45, 7) is 4.57. The summed E-state index contributed by atoms with van der Waals surface area (Å²) >= 11 is 0. The smallest absolute Gasteiger partial charge is 0.287 e. The molecule has 1 aliphatic heterocycles. The van der Waals surface area contributed by atoms with Gasteiger partial charge in [-0.15, -0.1) is 5.10 Å². The van der Waals surface area contributed by atoms with Gasteiger partial charge in [0.15, 0.2) is 5.69 Å². The quantitative estimate of drug-likeness (QED) is 0.653. The fourth-order valence-electron chi connectivity index (χ4n) is 1.76. The van der Waals surface area contributed by atoms with Crippen LogP contribution in [-0.2, 0) is 6.54 Å². The zero-order valence-corrected chi connectivity index (χ0v) is 10.5. The van der Waals surface area contributed by atoms with Crippen LogP contribution in [-0.4, -0.2) is 70.6 Å². The monoisotopic (exact) mass is 253 g/mol. The maximum atomic E-state index is 11.9. The molecular formula is C10H19N7O. The van der Waals surface area contributed by atoms with Crippen LogP contribution in [0.1, 0.15) is 10.5 Å². The van der Waals surface area contributed by atoms with E-state index in [1.165, 1.54) is 0 Å². The number of amides is 1. The molecule has 1 aromatic heterocycles. The summed E-state index contributed by atoms with van der Waals surface area (Å²) in [7, 11) is 2.07. The number of hydrazine groups is 1. The molecule has 0 spiro atoms. The summed E-state index contributed by atoms with van der Waals surface area (Å²) in [6.07, 6.45) is 1.61. The van der Waals surface area contributed by atoms with Crippen molar-refractivity contribution in [2.24, 2.45) is 5.73 Å². The van der Waals surface area contributed by atoms with E-state index in [1.807, 2.05) is 5.01 Å². The van der Waals surface area contributed by atoms with Crippen LogP contribution in [0.15, 0.2) is 6.20 Å². The molecule has 0 unspecified atom stereocenters. The average Bonchev–Trinajstić information content (AvgIpc) is 2.81. The Labute approximate surface area is 106 Å². The molecule has 3 N–H and O–H groups in total. The molecule has 0 radical (unpaired) electrons. The predicted octanol–water partition coefficient (Wildman–Crippen LogP) is -1.87. The third-order valence-electron chi connectivity index (χ3n) is 2.89. The van der Waals surface area contributed by atoms with Crippen LogP contribution >= 0.6 is 0 Å². The van der Waals surface area contributed by atoms with Crippen molar-refractivity contribution in [3.63, 3.8) is 0 Å². The summed E-state index contributed by atoms with van der Waals surface area (Å²) < 4.78 is 1.57. The van der Waals surface area contributed by atoms with Gasteiger partial charge in [0, 0.05) is 32.7 Å². The lowest BCUT2D eigenvalue weighted by Crippen LogP contribution is -2.52. The Hall–Kier alpha value is -1.51. The van der Waals surface area contributed by atoms with E-state index in [2.05, 4.69) is 27.7 Å². The lowest BCUT2D eigenvalue weighted by molar-refractivity contribution is 0.0657. The van der Waals surface area contributed by atoms with Gasteiger partial charge < -0.3 is 10.6 Å². The second-order valence-electron chi connectivity index (χ2n) is 4.39. The molecule has 0 bridgehead atoms. The maximum Gasteiger partial charge on any atom is 0.287 e. The number of carbonyl (C=O) groups excluding carboxylic acids is 1. The van der Waals surface area contributed by atoms with Crippen LogP contribution in [0.5, 0.6) is 0 Å². The maximum absolute atomic E-state index is 11.9. The number of rotatable bonds is 4. The molecule has 8 nitrogen and oxygen atoms in total. The Morgan fingerprint density at radius 3 is 2.83 bits per heavy atom. The number of nitrogens with two attached hydrogens (primary N) is 1. The van der Waals surface area contributed by atoms with Crippen molar-refractivity contribution in [3.05, 3.63) is 11.9 Å². The zero-order chi connectivity index (χ0) is 13.0. The fraction of sp³-hybridized carbons (Fsp3) is 0.700. The summed E-state index contributed by atoms with van der Waals surface area (Å²) in [4.78, 5) is 14.1. The Kier molecular flexibility index (Phi) is 4.24. The third kappa shape index (κ3) is 3.25. The van der Waals surface area contributed by atoms with Crippen LogP contribution in [0.25, 0.3) is 0 Å². The van der Waals surface area contributed by atoms with Crippen LogP contribution in [0.4, 0.5) is 0 Å². The lowest BCUT2D eigenvalue weighted by Gasteiger charge is -2.32. The number of aromatic nitrogens is 3. The summed E-state index contributed by atoms with van der Waals surface area (Å²) in [5.74, 6) is -0.220. The molecule has 0 atom stereocenters. The van der Waals surface area contributed by atoms with Crippen molar-refractivity contribution in [1.29, 1.82) is 0 Å². The molecule has 8 heteroatoms. The Bertz CT molecular complexity index is 397. The molecule has 2 rings (SSSR count). The largest absolute Gasteiger partial charge is 0.329 e. The molecule has 2 heterocycles. The van der Waals surface area contributed by atoms with E-state index in [1.54, 1.807) is 10.9 Å². The minimum absolute atomic E-state index is 0.220. The first-order chi connectivity index (χ1) is 8.69. The van der Waals surface area contributed by atoms with E-state index >= 15 is 0 Å². The van der Waals surface area contributed by atoms with E-state index in [4.69, 9.17) is 5.73 Å². The molecule has 0 aromatic carbocycles. The van der Waals surface area contributed by atoms with E-state index in [9.17, 15) is 4.79 Å². The highest BCUT2D eigenvalue weighted by Crippen LogP contribution is 1.98. The normalized spacial score (nSPS) is 17.9. The molecular weight excluding hydrogens is 234 g/mol. The van der Waals surface area contributed by atoms with Crippen molar-refractivity contribution >= 4 is 5.91 Å². The average molecular weight is 253 g/mol. The van der Waals surface area contributed by atoms with Gasteiger partial charge in [-0.1, -0.05) is 5.21 Å². The molecule has 18 heavy (non-hydrogen) atoms. The number of carbonyl (C=O) groups is 1. The molecule has 1 saturated heterocycles.